The van der Waals surface area contributed by atoms with Gasteiger partial charge in [0.25, 0.3) is 11.8 Å². The SMILES string of the molecule is CC(C)NC(=O)c1cn(CC2CCCCC2)cc(C(=O)N(C)C(C)c2nccs2)c1=O. The Morgan fingerprint density at radius 1 is 1.19 bits per heavy atom. The third-order valence-corrected chi connectivity index (χ3v) is 6.82. The van der Waals surface area contributed by atoms with Gasteiger partial charge in [0.1, 0.15) is 16.1 Å². The molecule has 168 valence electrons. The van der Waals surface area contributed by atoms with Crippen molar-refractivity contribution < 1.29 is 9.59 Å². The number of carbonyl (C=O) groups excluding carboxylic acids is 2. The average Bonchev–Trinajstić information content (AvgIpc) is 3.28. The van der Waals surface area contributed by atoms with Crippen LogP contribution in [0.15, 0.2) is 28.8 Å². The van der Waals surface area contributed by atoms with Crippen molar-refractivity contribution >= 4 is 23.2 Å². The first-order chi connectivity index (χ1) is 14.8. The highest BCUT2D eigenvalue weighted by Crippen LogP contribution is 2.26. The second kappa shape index (κ2) is 10.2. The van der Waals surface area contributed by atoms with Gasteiger partial charge in [0.15, 0.2) is 0 Å². The number of amides is 2. The lowest BCUT2D eigenvalue weighted by atomic mass is 9.89. The molecule has 2 aromatic rings. The maximum absolute atomic E-state index is 13.3. The summed E-state index contributed by atoms with van der Waals surface area (Å²) in [4.78, 5) is 45.0. The van der Waals surface area contributed by atoms with Crippen molar-refractivity contribution in [3.8, 4) is 0 Å². The maximum atomic E-state index is 13.3. The summed E-state index contributed by atoms with van der Waals surface area (Å²) in [6.07, 6.45) is 10.8. The maximum Gasteiger partial charge on any atom is 0.259 e. The van der Waals surface area contributed by atoms with Gasteiger partial charge in [0.05, 0.1) is 6.04 Å². The Morgan fingerprint density at radius 3 is 2.48 bits per heavy atom. The molecular formula is C23H32N4O3S. The van der Waals surface area contributed by atoms with Crippen LogP contribution < -0.4 is 10.7 Å². The van der Waals surface area contributed by atoms with Crippen LogP contribution in [0.3, 0.4) is 0 Å². The molecule has 1 unspecified atom stereocenters. The highest BCUT2D eigenvalue weighted by atomic mass is 32.1. The molecule has 1 atom stereocenters. The molecule has 1 aliphatic carbocycles. The fourth-order valence-electron chi connectivity index (χ4n) is 4.03. The van der Waals surface area contributed by atoms with E-state index in [0.29, 0.717) is 12.5 Å². The number of hydrogen-bond acceptors (Lipinski definition) is 5. The second-order valence-electron chi connectivity index (χ2n) is 8.71. The smallest absolute Gasteiger partial charge is 0.259 e. The molecule has 2 heterocycles. The molecule has 1 N–H and O–H groups in total. The van der Waals surface area contributed by atoms with Gasteiger partial charge in [-0.3, -0.25) is 14.4 Å². The van der Waals surface area contributed by atoms with Crippen LogP contribution in [0, 0.1) is 5.92 Å². The molecule has 1 fully saturated rings. The Balaban J connectivity index is 1.96. The summed E-state index contributed by atoms with van der Waals surface area (Å²) in [5.74, 6) is -0.348. The van der Waals surface area contributed by atoms with Gasteiger partial charge in [0, 0.05) is 43.6 Å². The summed E-state index contributed by atoms with van der Waals surface area (Å²) in [7, 11) is 1.67. The van der Waals surface area contributed by atoms with Crippen LogP contribution in [0.4, 0.5) is 0 Å². The van der Waals surface area contributed by atoms with Gasteiger partial charge in [-0.05, 0) is 39.5 Å². The lowest BCUT2D eigenvalue weighted by Gasteiger charge is -2.25. The second-order valence-corrected chi connectivity index (χ2v) is 9.63. The summed E-state index contributed by atoms with van der Waals surface area (Å²) in [6.45, 7) is 6.27. The quantitative estimate of drug-likeness (QED) is 0.703. The Kier molecular flexibility index (Phi) is 7.64. The number of nitrogens with one attached hydrogen (secondary N) is 1. The fourth-order valence-corrected chi connectivity index (χ4v) is 4.77. The fraction of sp³-hybridized carbons (Fsp3) is 0.565. The van der Waals surface area contributed by atoms with Crippen LogP contribution in [0.5, 0.6) is 0 Å². The molecule has 1 saturated carbocycles. The van der Waals surface area contributed by atoms with E-state index >= 15 is 0 Å². The molecule has 0 aliphatic heterocycles. The van der Waals surface area contributed by atoms with Crippen LogP contribution >= 0.6 is 11.3 Å². The third-order valence-electron chi connectivity index (χ3n) is 5.88. The first-order valence-corrected chi connectivity index (χ1v) is 11.9. The van der Waals surface area contributed by atoms with Gasteiger partial charge in [-0.25, -0.2) is 4.98 Å². The number of hydrogen-bond donors (Lipinski definition) is 1. The van der Waals surface area contributed by atoms with Crippen molar-refractivity contribution in [1.82, 2.24) is 19.8 Å². The van der Waals surface area contributed by atoms with Crippen molar-refractivity contribution in [2.45, 2.75) is 71.5 Å². The van der Waals surface area contributed by atoms with E-state index in [0.717, 1.165) is 17.8 Å². The molecule has 3 rings (SSSR count). The number of thiazole rings is 1. The van der Waals surface area contributed by atoms with E-state index in [1.807, 2.05) is 30.7 Å². The average molecular weight is 445 g/mol. The Morgan fingerprint density at radius 2 is 1.87 bits per heavy atom. The first kappa shape index (κ1) is 23.2. The van der Waals surface area contributed by atoms with Gasteiger partial charge < -0.3 is 14.8 Å². The van der Waals surface area contributed by atoms with Crippen molar-refractivity contribution in [2.24, 2.45) is 5.92 Å². The lowest BCUT2D eigenvalue weighted by Crippen LogP contribution is -2.39. The summed E-state index contributed by atoms with van der Waals surface area (Å²) >= 11 is 1.47. The lowest BCUT2D eigenvalue weighted by molar-refractivity contribution is 0.0740. The standard InChI is InChI=1S/C23H32N4O3S/c1-15(2)25-21(29)18-13-27(12-17-8-6-5-7-9-17)14-19(20(18)28)23(30)26(4)16(3)22-24-10-11-31-22/h10-11,13-17H,5-9,12H2,1-4H3,(H,25,29). The van der Waals surface area contributed by atoms with Gasteiger partial charge in [-0.15, -0.1) is 11.3 Å². The largest absolute Gasteiger partial charge is 0.352 e. The molecular weight excluding hydrogens is 412 g/mol. The molecule has 7 nitrogen and oxygen atoms in total. The molecule has 2 amide bonds. The highest BCUT2D eigenvalue weighted by Gasteiger charge is 2.26. The van der Waals surface area contributed by atoms with E-state index in [1.165, 1.54) is 35.5 Å². The minimum absolute atomic E-state index is 0.0191. The summed E-state index contributed by atoms with van der Waals surface area (Å²) in [5.41, 5.74) is -0.481. The molecule has 2 aromatic heterocycles. The molecule has 0 spiro atoms. The zero-order valence-corrected chi connectivity index (χ0v) is 19.6. The van der Waals surface area contributed by atoms with E-state index < -0.39 is 17.2 Å². The van der Waals surface area contributed by atoms with Gasteiger partial charge in [-0.1, -0.05) is 19.3 Å². The topological polar surface area (TPSA) is 84.3 Å². The van der Waals surface area contributed by atoms with Crippen molar-refractivity contribution in [1.29, 1.82) is 0 Å². The molecule has 0 aromatic carbocycles. The molecule has 31 heavy (non-hydrogen) atoms. The zero-order chi connectivity index (χ0) is 22.5. The minimum Gasteiger partial charge on any atom is -0.352 e. The van der Waals surface area contributed by atoms with Crippen LogP contribution in [-0.2, 0) is 6.54 Å². The Bertz CT molecular complexity index is 962. The number of aromatic nitrogens is 2. The summed E-state index contributed by atoms with van der Waals surface area (Å²) in [5, 5.41) is 5.44. The number of nitrogens with zero attached hydrogens (tertiary/aromatic N) is 3. The summed E-state index contributed by atoms with van der Waals surface area (Å²) < 4.78 is 1.86. The van der Waals surface area contributed by atoms with Crippen molar-refractivity contribution in [3.63, 3.8) is 0 Å². The van der Waals surface area contributed by atoms with E-state index in [-0.39, 0.29) is 23.2 Å². The normalized spacial score (nSPS) is 15.6. The summed E-state index contributed by atoms with van der Waals surface area (Å²) in [6, 6.07) is -0.377. The van der Waals surface area contributed by atoms with E-state index in [4.69, 9.17) is 0 Å². The third kappa shape index (κ3) is 5.61. The molecule has 0 radical (unpaired) electrons. The number of pyridine rings is 1. The van der Waals surface area contributed by atoms with Crippen LogP contribution in [0.1, 0.15) is 84.6 Å². The Hall–Kier alpha value is -2.48. The van der Waals surface area contributed by atoms with Crippen LogP contribution in [0.25, 0.3) is 0 Å². The van der Waals surface area contributed by atoms with Gasteiger partial charge >= 0.3 is 0 Å². The van der Waals surface area contributed by atoms with E-state index in [1.54, 1.807) is 25.6 Å². The Labute approximate surface area is 187 Å². The van der Waals surface area contributed by atoms with Crippen molar-refractivity contribution in [2.75, 3.05) is 7.05 Å². The molecule has 0 bridgehead atoms. The molecule has 0 saturated heterocycles. The monoisotopic (exact) mass is 444 g/mol. The van der Waals surface area contributed by atoms with Crippen LogP contribution in [-0.4, -0.2) is 39.4 Å². The minimum atomic E-state index is -0.527. The number of carbonyl (C=O) groups is 2. The van der Waals surface area contributed by atoms with E-state index in [9.17, 15) is 14.4 Å². The first-order valence-electron chi connectivity index (χ1n) is 11.0. The van der Waals surface area contributed by atoms with E-state index in [2.05, 4.69) is 10.3 Å². The predicted molar refractivity (Wildman–Crippen MR) is 123 cm³/mol. The van der Waals surface area contributed by atoms with Crippen molar-refractivity contribution in [3.05, 3.63) is 50.3 Å². The molecule has 8 heteroatoms. The predicted octanol–water partition coefficient (Wildman–Crippen LogP) is 3.86. The van der Waals surface area contributed by atoms with Gasteiger partial charge in [0.2, 0.25) is 5.43 Å². The zero-order valence-electron chi connectivity index (χ0n) is 18.8. The molecule has 1 aliphatic rings. The van der Waals surface area contributed by atoms with Gasteiger partial charge in [-0.2, -0.15) is 0 Å². The number of rotatable bonds is 7. The highest BCUT2D eigenvalue weighted by molar-refractivity contribution is 7.09. The van der Waals surface area contributed by atoms with Crippen LogP contribution in [0.2, 0.25) is 0 Å².